The zero-order chi connectivity index (χ0) is 46.2. The molecule has 1 aliphatic rings. The number of Topliss-reactive ketones (excluding diaryl/α,β-unsaturated/α-hetero) is 1. The molecule has 0 saturated carbocycles. The number of carbonyl (C=O) groups is 8. The molecule has 0 radical (unpaired) electrons. The molecule has 3 aromatic carbocycles. The molecule has 2 unspecified atom stereocenters. The Balaban J connectivity index is 1.54. The minimum Gasteiger partial charge on any atom is -0.481 e. The van der Waals surface area contributed by atoms with Crippen LogP contribution >= 0.6 is 0 Å². The maximum absolute atomic E-state index is 14.4. The van der Waals surface area contributed by atoms with Gasteiger partial charge in [-0.3, -0.25) is 33.6 Å². The molecule has 0 spiro atoms. The third kappa shape index (κ3) is 14.3. The van der Waals surface area contributed by atoms with Gasteiger partial charge in [-0.15, -0.1) is 0 Å². The Labute approximate surface area is 362 Å². The van der Waals surface area contributed by atoms with E-state index in [-0.39, 0.29) is 43.7 Å². The number of nitrogens with two attached hydrogens (primary N) is 1. The van der Waals surface area contributed by atoms with Gasteiger partial charge in [0.2, 0.25) is 17.7 Å². The van der Waals surface area contributed by atoms with Gasteiger partial charge in [0.1, 0.15) is 35.7 Å². The lowest BCUT2D eigenvalue weighted by Gasteiger charge is -2.28. The van der Waals surface area contributed by atoms with E-state index in [1.807, 2.05) is 0 Å². The lowest BCUT2D eigenvalue weighted by atomic mass is 10.0. The number of esters is 1. The Morgan fingerprint density at radius 1 is 0.873 bits per heavy atom. The van der Waals surface area contributed by atoms with Crippen LogP contribution in [0.5, 0.6) is 0 Å². The first-order valence-electron chi connectivity index (χ1n) is 20.0. The number of anilines is 1. The number of hydrogen-bond donors (Lipinski definition) is 8. The van der Waals surface area contributed by atoms with Crippen molar-refractivity contribution in [2.75, 3.05) is 18.5 Å². The number of carboxylic acid groups (broad SMARTS) is 2. The highest BCUT2D eigenvalue weighted by atomic mass is 19.1. The number of aryl methyl sites for hydroxylation is 2. The Kier molecular flexibility index (Phi) is 18.0. The van der Waals surface area contributed by atoms with E-state index in [9.17, 15) is 53.0 Å². The van der Waals surface area contributed by atoms with E-state index in [0.717, 1.165) is 6.08 Å². The quantitative estimate of drug-likeness (QED) is 0.0500. The third-order valence-corrected chi connectivity index (χ3v) is 9.97. The van der Waals surface area contributed by atoms with Crippen LogP contribution in [-0.2, 0) is 56.1 Å². The van der Waals surface area contributed by atoms with Crippen molar-refractivity contribution in [2.45, 2.75) is 89.8 Å². The Bertz CT molecular complexity index is 2200. The van der Waals surface area contributed by atoms with Crippen LogP contribution in [0.25, 0.3) is 0 Å². The van der Waals surface area contributed by atoms with Gasteiger partial charge in [-0.2, -0.15) is 0 Å². The van der Waals surface area contributed by atoms with Gasteiger partial charge in [0.15, 0.2) is 12.4 Å². The molecule has 4 amide bonds. The standard InChI is InChI=1S/C44H51FN6O12/c1-24-10-7-11-25(2)37(24)44(61)63-23-34(52)32(21-36(55)56)50-40(57)31(18-19-46)49-43(60)38(26(3)62-22-27-12-5-4-6-13-27)51-41(58)30(16-9-17-35(53)54)48-42(59)33-20-28-14-8-15-29(45)39(28)47-33/h4-8,10-16,26,31-33,38,47H,9,17-23,46H2,1-3H3,(H,48,59)(H,49,60)(H,50,57)(H,51,58)(H,53,54)(H,55,56)/b30-16+/t26?,31-,32-,33-,38?/m0/s1. The lowest BCUT2D eigenvalue weighted by Crippen LogP contribution is -2.59. The largest absolute Gasteiger partial charge is 0.481 e. The highest BCUT2D eigenvalue weighted by Crippen LogP contribution is 2.28. The van der Waals surface area contributed by atoms with E-state index in [2.05, 4.69) is 26.6 Å². The van der Waals surface area contributed by atoms with Gasteiger partial charge in [0.05, 0.1) is 30.4 Å². The number of amides is 4. The smallest absolute Gasteiger partial charge is 0.339 e. The molecule has 63 heavy (non-hydrogen) atoms. The third-order valence-electron chi connectivity index (χ3n) is 9.97. The average molecular weight is 875 g/mol. The second-order valence-electron chi connectivity index (χ2n) is 14.8. The second kappa shape index (κ2) is 23.3. The summed E-state index contributed by atoms with van der Waals surface area (Å²) in [7, 11) is 0. The number of benzene rings is 3. The molecule has 1 aliphatic heterocycles. The van der Waals surface area contributed by atoms with Crippen LogP contribution in [0.1, 0.15) is 65.2 Å². The highest BCUT2D eigenvalue weighted by Gasteiger charge is 2.35. The fraction of sp³-hybridized carbons (Fsp3) is 0.364. The van der Waals surface area contributed by atoms with Gasteiger partial charge in [-0.25, -0.2) is 9.18 Å². The maximum atomic E-state index is 14.4. The molecule has 0 saturated heterocycles. The first kappa shape index (κ1) is 48.7. The van der Waals surface area contributed by atoms with Crippen LogP contribution in [0.3, 0.4) is 0 Å². The van der Waals surface area contributed by atoms with Crippen LogP contribution in [0.2, 0.25) is 0 Å². The lowest BCUT2D eigenvalue weighted by molar-refractivity contribution is -0.141. The zero-order valence-electron chi connectivity index (χ0n) is 34.9. The summed E-state index contributed by atoms with van der Waals surface area (Å²) in [6.07, 6.45) is -1.71. The van der Waals surface area contributed by atoms with E-state index in [0.29, 0.717) is 22.3 Å². The van der Waals surface area contributed by atoms with Crippen LogP contribution in [0.4, 0.5) is 10.1 Å². The molecule has 0 fully saturated rings. The number of allylic oxidation sites excluding steroid dienone is 1. The fourth-order valence-electron chi connectivity index (χ4n) is 6.61. The Morgan fingerprint density at radius 3 is 2.17 bits per heavy atom. The van der Waals surface area contributed by atoms with Crippen molar-refractivity contribution < 1.29 is 62.4 Å². The van der Waals surface area contributed by atoms with Gasteiger partial charge in [-0.05, 0) is 68.5 Å². The monoisotopic (exact) mass is 874 g/mol. The first-order valence-corrected chi connectivity index (χ1v) is 20.0. The van der Waals surface area contributed by atoms with Gasteiger partial charge >= 0.3 is 17.9 Å². The molecule has 3 aromatic rings. The number of hydrogen-bond acceptors (Lipinski definition) is 12. The molecule has 19 heteroatoms. The van der Waals surface area contributed by atoms with Crippen molar-refractivity contribution in [3.8, 4) is 0 Å². The number of halogens is 1. The molecular formula is C44H51FN6O12. The van der Waals surface area contributed by atoms with Crippen LogP contribution in [0.15, 0.2) is 78.5 Å². The molecule has 0 bridgehead atoms. The molecule has 0 aliphatic carbocycles. The fourth-order valence-corrected chi connectivity index (χ4v) is 6.61. The summed E-state index contributed by atoms with van der Waals surface area (Å²) >= 11 is 0. The summed E-state index contributed by atoms with van der Waals surface area (Å²) in [5, 5.41) is 31.4. The summed E-state index contributed by atoms with van der Waals surface area (Å²) in [6, 6.07) is 12.3. The van der Waals surface area contributed by atoms with E-state index in [1.165, 1.54) is 19.1 Å². The number of fused-ring (bicyclic) bond motifs is 1. The van der Waals surface area contributed by atoms with Crippen molar-refractivity contribution in [1.29, 1.82) is 0 Å². The van der Waals surface area contributed by atoms with Crippen molar-refractivity contribution in [3.63, 3.8) is 0 Å². The minimum absolute atomic E-state index is 0.0378. The maximum Gasteiger partial charge on any atom is 0.339 e. The van der Waals surface area contributed by atoms with Gasteiger partial charge in [-0.1, -0.05) is 66.7 Å². The number of ether oxygens (including phenoxy) is 2. The number of carboxylic acids is 2. The normalized spacial score (nSPS) is 15.0. The summed E-state index contributed by atoms with van der Waals surface area (Å²) < 4.78 is 25.6. The predicted molar refractivity (Wildman–Crippen MR) is 224 cm³/mol. The SMILES string of the molecule is Cc1cccc(C)c1C(=O)OCC(=O)[C@H](CC(=O)O)NC(=O)[C@H](CCN)NC(=O)C(NC(=O)/C(=C\CCC(=O)O)NC(=O)[C@@H]1Cc2cccc(F)c2N1)C(C)OCc1ccccc1. The summed E-state index contributed by atoms with van der Waals surface area (Å²) in [4.78, 5) is 104. The van der Waals surface area contributed by atoms with E-state index in [4.69, 9.17) is 15.2 Å². The van der Waals surface area contributed by atoms with Gasteiger partial charge in [0.25, 0.3) is 5.91 Å². The van der Waals surface area contributed by atoms with E-state index in [1.54, 1.807) is 68.4 Å². The summed E-state index contributed by atoms with van der Waals surface area (Å²) in [6.45, 7) is 3.68. The number of para-hydroxylation sites is 1. The molecule has 0 aromatic heterocycles. The Hall–Kier alpha value is -6.99. The van der Waals surface area contributed by atoms with Crippen molar-refractivity contribution in [2.24, 2.45) is 5.73 Å². The second-order valence-corrected chi connectivity index (χ2v) is 14.8. The van der Waals surface area contributed by atoms with Crippen molar-refractivity contribution >= 4 is 53.0 Å². The summed E-state index contributed by atoms with van der Waals surface area (Å²) in [5.74, 6) is -8.88. The molecule has 5 atom stereocenters. The van der Waals surface area contributed by atoms with Crippen LogP contribution < -0.4 is 32.3 Å². The number of aliphatic carboxylic acids is 2. The van der Waals surface area contributed by atoms with E-state index >= 15 is 0 Å². The topological polar surface area (TPSA) is 282 Å². The van der Waals surface area contributed by atoms with E-state index < -0.39 is 109 Å². The molecule has 4 rings (SSSR count). The highest BCUT2D eigenvalue weighted by molar-refractivity contribution is 6.02. The molecule has 1 heterocycles. The summed E-state index contributed by atoms with van der Waals surface area (Å²) in [5.41, 5.74) is 8.07. The van der Waals surface area contributed by atoms with Crippen LogP contribution in [-0.4, -0.2) is 101 Å². The molecule has 9 N–H and O–H groups in total. The Morgan fingerprint density at radius 2 is 1.54 bits per heavy atom. The molecule has 18 nitrogen and oxygen atoms in total. The number of ketones is 1. The van der Waals surface area contributed by atoms with Crippen LogP contribution in [0, 0.1) is 19.7 Å². The first-order chi connectivity index (χ1) is 30.0. The van der Waals surface area contributed by atoms with Crippen molar-refractivity contribution in [3.05, 3.63) is 112 Å². The number of nitrogens with one attached hydrogen (secondary N) is 5. The van der Waals surface area contributed by atoms with Gasteiger partial charge in [0, 0.05) is 12.8 Å². The van der Waals surface area contributed by atoms with Gasteiger partial charge < -0.3 is 52.0 Å². The number of carbonyl (C=O) groups excluding carboxylic acids is 6. The number of rotatable bonds is 23. The predicted octanol–water partition coefficient (Wildman–Crippen LogP) is 1.95. The minimum atomic E-state index is -1.71. The molecular weight excluding hydrogens is 824 g/mol. The zero-order valence-corrected chi connectivity index (χ0v) is 34.9. The average Bonchev–Trinajstić information content (AvgIpc) is 3.69. The molecule has 336 valence electrons. The van der Waals surface area contributed by atoms with Crippen molar-refractivity contribution in [1.82, 2.24) is 21.3 Å².